The lowest BCUT2D eigenvalue weighted by Gasteiger charge is -2.36. The van der Waals surface area contributed by atoms with Crippen LogP contribution in [0.4, 0.5) is 4.79 Å². The largest absolute Gasteiger partial charge is 0.341 e. The van der Waals surface area contributed by atoms with Crippen molar-refractivity contribution in [1.82, 2.24) is 20.9 Å². The SMILES string of the molecule is CNCC1CCCN(C(=O)C(NC(=O)NCc2ccccc2)C(C)C)C1. The van der Waals surface area contributed by atoms with Gasteiger partial charge in [0, 0.05) is 19.6 Å². The number of carbonyl (C=O) groups is 2. The zero-order valence-corrected chi connectivity index (χ0v) is 16.1. The van der Waals surface area contributed by atoms with E-state index in [-0.39, 0.29) is 17.9 Å². The third-order valence-corrected chi connectivity index (χ3v) is 4.84. The molecule has 1 fully saturated rings. The number of hydrogen-bond donors (Lipinski definition) is 3. The van der Waals surface area contributed by atoms with E-state index in [9.17, 15) is 9.59 Å². The van der Waals surface area contributed by atoms with Crippen LogP contribution in [-0.2, 0) is 11.3 Å². The van der Waals surface area contributed by atoms with Gasteiger partial charge in [0.1, 0.15) is 6.04 Å². The summed E-state index contributed by atoms with van der Waals surface area (Å²) >= 11 is 0. The lowest BCUT2D eigenvalue weighted by molar-refractivity contribution is -0.136. The summed E-state index contributed by atoms with van der Waals surface area (Å²) in [7, 11) is 1.94. The summed E-state index contributed by atoms with van der Waals surface area (Å²) in [5, 5.41) is 8.91. The molecule has 0 bridgehead atoms. The Labute approximate surface area is 156 Å². The van der Waals surface area contributed by atoms with Gasteiger partial charge in [-0.15, -0.1) is 0 Å². The maximum absolute atomic E-state index is 13.0. The fraction of sp³-hybridized carbons (Fsp3) is 0.600. The van der Waals surface area contributed by atoms with E-state index in [0.717, 1.165) is 38.0 Å². The summed E-state index contributed by atoms with van der Waals surface area (Å²) < 4.78 is 0. The standard InChI is InChI=1S/C20H32N4O2/c1-15(2)18(19(25)24-11-7-10-17(14-24)12-21-3)23-20(26)22-13-16-8-5-4-6-9-16/h4-6,8-9,15,17-18,21H,7,10-14H2,1-3H3,(H2,22,23,26). The molecule has 0 spiro atoms. The van der Waals surface area contributed by atoms with Crippen molar-refractivity contribution in [3.8, 4) is 0 Å². The van der Waals surface area contributed by atoms with Crippen molar-refractivity contribution in [2.24, 2.45) is 11.8 Å². The predicted molar refractivity (Wildman–Crippen MR) is 104 cm³/mol. The van der Waals surface area contributed by atoms with Gasteiger partial charge in [0.2, 0.25) is 5.91 Å². The Morgan fingerprint density at radius 3 is 2.62 bits per heavy atom. The maximum atomic E-state index is 13.0. The zero-order chi connectivity index (χ0) is 18.9. The average Bonchev–Trinajstić information content (AvgIpc) is 2.65. The minimum absolute atomic E-state index is 0.0238. The van der Waals surface area contributed by atoms with Crippen LogP contribution >= 0.6 is 0 Å². The number of carbonyl (C=O) groups excluding carboxylic acids is 2. The van der Waals surface area contributed by atoms with Gasteiger partial charge in [-0.3, -0.25) is 4.79 Å². The molecule has 1 aliphatic heterocycles. The molecule has 0 saturated carbocycles. The van der Waals surface area contributed by atoms with E-state index >= 15 is 0 Å². The van der Waals surface area contributed by atoms with E-state index in [1.807, 2.05) is 56.1 Å². The van der Waals surface area contributed by atoms with Crippen LogP contribution in [0.1, 0.15) is 32.3 Å². The van der Waals surface area contributed by atoms with Crippen LogP contribution in [0.15, 0.2) is 30.3 Å². The summed E-state index contributed by atoms with van der Waals surface area (Å²) in [6.45, 7) is 6.83. The Hall–Kier alpha value is -2.08. The molecule has 6 nitrogen and oxygen atoms in total. The van der Waals surface area contributed by atoms with Crippen LogP contribution in [0.5, 0.6) is 0 Å². The van der Waals surface area contributed by atoms with Crippen molar-refractivity contribution in [3.05, 3.63) is 35.9 Å². The highest BCUT2D eigenvalue weighted by atomic mass is 16.2. The summed E-state index contributed by atoms with van der Waals surface area (Å²) in [4.78, 5) is 27.2. The van der Waals surface area contributed by atoms with Gasteiger partial charge >= 0.3 is 6.03 Å². The van der Waals surface area contributed by atoms with E-state index < -0.39 is 6.04 Å². The summed E-state index contributed by atoms with van der Waals surface area (Å²) in [5.74, 6) is 0.544. The second-order valence-electron chi connectivity index (χ2n) is 7.38. The van der Waals surface area contributed by atoms with Crippen molar-refractivity contribution >= 4 is 11.9 Å². The summed E-state index contributed by atoms with van der Waals surface area (Å²) in [6, 6.07) is 8.93. The van der Waals surface area contributed by atoms with E-state index in [1.54, 1.807) is 0 Å². The van der Waals surface area contributed by atoms with Crippen molar-refractivity contribution in [3.63, 3.8) is 0 Å². The normalized spacial score (nSPS) is 18.5. The molecule has 2 atom stereocenters. The minimum atomic E-state index is -0.501. The zero-order valence-electron chi connectivity index (χ0n) is 16.1. The number of nitrogens with one attached hydrogen (secondary N) is 3. The molecule has 26 heavy (non-hydrogen) atoms. The second kappa shape index (κ2) is 10.2. The predicted octanol–water partition coefficient (Wildman–Crippen LogP) is 1.97. The number of nitrogens with zero attached hydrogens (tertiary/aromatic N) is 1. The van der Waals surface area contributed by atoms with Crippen LogP contribution in [0.3, 0.4) is 0 Å². The highest BCUT2D eigenvalue weighted by Crippen LogP contribution is 2.18. The summed E-state index contributed by atoms with van der Waals surface area (Å²) in [6.07, 6.45) is 2.16. The number of benzene rings is 1. The molecular weight excluding hydrogens is 328 g/mol. The molecule has 1 saturated heterocycles. The highest BCUT2D eigenvalue weighted by Gasteiger charge is 2.31. The Morgan fingerprint density at radius 2 is 1.96 bits per heavy atom. The number of urea groups is 1. The van der Waals surface area contributed by atoms with E-state index in [2.05, 4.69) is 16.0 Å². The fourth-order valence-electron chi connectivity index (χ4n) is 3.40. The van der Waals surface area contributed by atoms with Gasteiger partial charge in [0.05, 0.1) is 0 Å². The molecule has 0 aliphatic carbocycles. The summed E-state index contributed by atoms with van der Waals surface area (Å²) in [5.41, 5.74) is 1.03. The molecule has 3 amide bonds. The monoisotopic (exact) mass is 360 g/mol. The second-order valence-corrected chi connectivity index (χ2v) is 7.38. The van der Waals surface area contributed by atoms with Crippen LogP contribution in [0.25, 0.3) is 0 Å². The topological polar surface area (TPSA) is 73.5 Å². The van der Waals surface area contributed by atoms with Crippen LogP contribution in [0.2, 0.25) is 0 Å². The molecule has 0 radical (unpaired) electrons. The van der Waals surface area contributed by atoms with Gasteiger partial charge in [-0.05, 0) is 43.8 Å². The lowest BCUT2D eigenvalue weighted by Crippen LogP contribution is -2.55. The molecule has 0 aromatic heterocycles. The molecule has 144 valence electrons. The first-order valence-electron chi connectivity index (χ1n) is 9.53. The molecule has 1 aromatic rings. The van der Waals surface area contributed by atoms with Crippen LogP contribution in [-0.4, -0.2) is 49.6 Å². The van der Waals surface area contributed by atoms with E-state index in [1.165, 1.54) is 0 Å². The van der Waals surface area contributed by atoms with Crippen molar-refractivity contribution in [1.29, 1.82) is 0 Å². The van der Waals surface area contributed by atoms with Crippen molar-refractivity contribution in [2.45, 2.75) is 39.3 Å². The maximum Gasteiger partial charge on any atom is 0.315 e. The first-order chi connectivity index (χ1) is 12.5. The molecule has 6 heteroatoms. The molecule has 1 aliphatic rings. The quantitative estimate of drug-likeness (QED) is 0.696. The smallest absolute Gasteiger partial charge is 0.315 e. The Balaban J connectivity index is 1.90. The minimum Gasteiger partial charge on any atom is -0.341 e. The third-order valence-electron chi connectivity index (χ3n) is 4.84. The van der Waals surface area contributed by atoms with Gasteiger partial charge in [-0.1, -0.05) is 44.2 Å². The van der Waals surface area contributed by atoms with Gasteiger partial charge < -0.3 is 20.9 Å². The number of rotatable bonds is 7. The lowest BCUT2D eigenvalue weighted by atomic mass is 9.95. The average molecular weight is 361 g/mol. The Kier molecular flexibility index (Phi) is 7.91. The van der Waals surface area contributed by atoms with Gasteiger partial charge in [0.15, 0.2) is 0 Å². The molecule has 2 unspecified atom stereocenters. The third kappa shape index (κ3) is 6.02. The number of amides is 3. The van der Waals surface area contributed by atoms with Crippen molar-refractivity contribution < 1.29 is 9.59 Å². The van der Waals surface area contributed by atoms with E-state index in [0.29, 0.717) is 12.5 Å². The Morgan fingerprint density at radius 1 is 1.23 bits per heavy atom. The fourth-order valence-corrected chi connectivity index (χ4v) is 3.40. The highest BCUT2D eigenvalue weighted by molar-refractivity contribution is 5.87. The van der Waals surface area contributed by atoms with Crippen molar-refractivity contribution in [2.75, 3.05) is 26.7 Å². The molecule has 3 N–H and O–H groups in total. The Bertz CT molecular complexity index is 574. The molecular formula is C20H32N4O2. The van der Waals surface area contributed by atoms with Gasteiger partial charge in [0.25, 0.3) is 0 Å². The van der Waals surface area contributed by atoms with E-state index in [4.69, 9.17) is 0 Å². The van der Waals surface area contributed by atoms with Crippen LogP contribution < -0.4 is 16.0 Å². The first-order valence-corrected chi connectivity index (χ1v) is 9.53. The van der Waals surface area contributed by atoms with Gasteiger partial charge in [-0.2, -0.15) is 0 Å². The number of hydrogen-bond acceptors (Lipinski definition) is 3. The molecule has 1 aromatic carbocycles. The van der Waals surface area contributed by atoms with Crippen LogP contribution in [0, 0.1) is 11.8 Å². The first kappa shape index (κ1) is 20.2. The number of likely N-dealkylation sites (tertiary alicyclic amines) is 1. The number of piperidine rings is 1. The molecule has 1 heterocycles. The molecule has 2 rings (SSSR count). The van der Waals surface area contributed by atoms with Gasteiger partial charge in [-0.25, -0.2) is 4.79 Å².